The van der Waals surface area contributed by atoms with E-state index < -0.39 is 0 Å². The highest BCUT2D eigenvalue weighted by Crippen LogP contribution is 2.27. The molecule has 3 aromatic rings. The second kappa shape index (κ2) is 8.43. The number of Topliss-reactive ketones (excluding diaryl/α,β-unsaturated/α-hetero) is 1. The van der Waals surface area contributed by atoms with Crippen LogP contribution in [-0.2, 0) is 4.79 Å². The SMILES string of the molecule is O=C(CCC(=O)c1cccs1)N[C@@H](c1ccc(Cl)cc1)c1cccs1. The van der Waals surface area contributed by atoms with Gasteiger partial charge in [0.25, 0.3) is 0 Å². The number of hydrogen-bond acceptors (Lipinski definition) is 4. The average molecular weight is 390 g/mol. The smallest absolute Gasteiger partial charge is 0.221 e. The van der Waals surface area contributed by atoms with Gasteiger partial charge in [0, 0.05) is 22.7 Å². The van der Waals surface area contributed by atoms with Crippen LogP contribution in [-0.4, -0.2) is 11.7 Å². The third kappa shape index (κ3) is 4.78. The lowest BCUT2D eigenvalue weighted by molar-refractivity contribution is -0.121. The number of rotatable bonds is 7. The van der Waals surface area contributed by atoms with E-state index in [1.165, 1.54) is 11.3 Å². The Hall–Kier alpha value is -1.95. The molecule has 2 aromatic heterocycles. The van der Waals surface area contributed by atoms with Crippen LogP contribution in [0.2, 0.25) is 5.02 Å². The first-order valence-corrected chi connectivity index (χ1v) is 9.92. The summed E-state index contributed by atoms with van der Waals surface area (Å²) in [4.78, 5) is 26.2. The maximum atomic E-state index is 12.4. The highest BCUT2D eigenvalue weighted by atomic mass is 35.5. The van der Waals surface area contributed by atoms with Gasteiger partial charge in [-0.3, -0.25) is 9.59 Å². The zero-order valence-electron chi connectivity index (χ0n) is 13.3. The molecule has 0 saturated carbocycles. The lowest BCUT2D eigenvalue weighted by Crippen LogP contribution is -2.29. The normalized spacial score (nSPS) is 11.9. The van der Waals surface area contributed by atoms with Gasteiger partial charge in [-0.05, 0) is 40.6 Å². The van der Waals surface area contributed by atoms with Gasteiger partial charge in [-0.1, -0.05) is 35.9 Å². The van der Waals surface area contributed by atoms with Crippen molar-refractivity contribution in [1.82, 2.24) is 5.32 Å². The molecule has 0 unspecified atom stereocenters. The summed E-state index contributed by atoms with van der Waals surface area (Å²) < 4.78 is 0. The van der Waals surface area contributed by atoms with E-state index >= 15 is 0 Å². The summed E-state index contributed by atoms with van der Waals surface area (Å²) in [7, 11) is 0. The second-order valence-corrected chi connectivity index (χ2v) is 7.83. The molecule has 25 heavy (non-hydrogen) atoms. The molecular formula is C19H16ClNO2S2. The first-order chi connectivity index (χ1) is 12.1. The van der Waals surface area contributed by atoms with Crippen molar-refractivity contribution in [3.63, 3.8) is 0 Å². The zero-order valence-corrected chi connectivity index (χ0v) is 15.7. The first kappa shape index (κ1) is 17.9. The Bertz CT molecular complexity index is 827. The van der Waals surface area contributed by atoms with Gasteiger partial charge in [0.05, 0.1) is 10.9 Å². The predicted molar refractivity (Wildman–Crippen MR) is 104 cm³/mol. The summed E-state index contributed by atoms with van der Waals surface area (Å²) in [5.74, 6) is -0.137. The number of benzene rings is 1. The number of ketones is 1. The van der Waals surface area contributed by atoms with Gasteiger partial charge in [-0.15, -0.1) is 22.7 Å². The molecule has 0 radical (unpaired) electrons. The van der Waals surface area contributed by atoms with Gasteiger partial charge in [0.1, 0.15) is 0 Å². The summed E-state index contributed by atoms with van der Waals surface area (Å²) >= 11 is 8.94. The Kier molecular flexibility index (Phi) is 6.02. The summed E-state index contributed by atoms with van der Waals surface area (Å²) in [5, 5.41) is 7.53. The van der Waals surface area contributed by atoms with Crippen LogP contribution in [0.1, 0.15) is 39.0 Å². The molecule has 3 nitrogen and oxygen atoms in total. The number of thiophene rings is 2. The molecule has 1 N–H and O–H groups in total. The van der Waals surface area contributed by atoms with Gasteiger partial charge < -0.3 is 5.32 Å². The van der Waals surface area contributed by atoms with Gasteiger partial charge >= 0.3 is 0 Å². The molecule has 0 spiro atoms. The molecule has 6 heteroatoms. The van der Waals surface area contributed by atoms with Crippen LogP contribution in [0.4, 0.5) is 0 Å². The van der Waals surface area contributed by atoms with E-state index in [1.54, 1.807) is 17.4 Å². The van der Waals surface area contributed by atoms with Crippen molar-refractivity contribution >= 4 is 46.0 Å². The number of carbonyl (C=O) groups is 2. The third-order valence-electron chi connectivity index (χ3n) is 3.71. The molecule has 128 valence electrons. The largest absolute Gasteiger partial charge is 0.344 e. The van der Waals surface area contributed by atoms with Crippen molar-refractivity contribution in [3.8, 4) is 0 Å². The Morgan fingerprint density at radius 1 is 0.960 bits per heavy atom. The molecule has 0 aliphatic heterocycles. The third-order valence-corrected chi connectivity index (χ3v) is 5.81. The van der Waals surface area contributed by atoms with Crippen molar-refractivity contribution in [3.05, 3.63) is 79.6 Å². The number of halogens is 1. The molecule has 0 aliphatic rings. The van der Waals surface area contributed by atoms with Crippen LogP contribution in [0.15, 0.2) is 59.3 Å². The fraction of sp³-hybridized carbons (Fsp3) is 0.158. The van der Waals surface area contributed by atoms with Crippen LogP contribution in [0.25, 0.3) is 0 Å². The molecule has 0 bridgehead atoms. The fourth-order valence-corrected chi connectivity index (χ4v) is 4.07. The minimum absolute atomic E-state index is 0.00400. The van der Waals surface area contributed by atoms with E-state index in [0.717, 1.165) is 10.4 Å². The van der Waals surface area contributed by atoms with Crippen LogP contribution in [0.5, 0.6) is 0 Å². The van der Waals surface area contributed by atoms with Crippen molar-refractivity contribution in [2.45, 2.75) is 18.9 Å². The average Bonchev–Trinajstić information content (AvgIpc) is 3.31. The maximum Gasteiger partial charge on any atom is 0.221 e. The van der Waals surface area contributed by atoms with Crippen LogP contribution in [0, 0.1) is 0 Å². The Labute approximate surface area is 159 Å². The summed E-state index contributed by atoms with van der Waals surface area (Å²) in [6.45, 7) is 0. The van der Waals surface area contributed by atoms with Crippen molar-refractivity contribution in [1.29, 1.82) is 0 Å². The van der Waals surface area contributed by atoms with E-state index in [9.17, 15) is 9.59 Å². The topological polar surface area (TPSA) is 46.2 Å². The minimum atomic E-state index is -0.235. The Morgan fingerprint density at radius 2 is 1.68 bits per heavy atom. The summed E-state index contributed by atoms with van der Waals surface area (Å²) in [6.07, 6.45) is 0.385. The maximum absolute atomic E-state index is 12.4. The zero-order chi connectivity index (χ0) is 17.6. The summed E-state index contributed by atoms with van der Waals surface area (Å²) in [6, 6.07) is 14.8. The van der Waals surface area contributed by atoms with Crippen LogP contribution < -0.4 is 5.32 Å². The lowest BCUT2D eigenvalue weighted by atomic mass is 10.0. The molecule has 0 saturated heterocycles. The monoisotopic (exact) mass is 389 g/mol. The molecule has 2 heterocycles. The summed E-state index contributed by atoms with van der Waals surface area (Å²) in [5.41, 5.74) is 0.963. The van der Waals surface area contributed by atoms with Gasteiger partial charge in [0.2, 0.25) is 5.91 Å². The molecule has 1 amide bonds. The quantitative estimate of drug-likeness (QED) is 0.555. The van der Waals surface area contributed by atoms with Crippen molar-refractivity contribution < 1.29 is 9.59 Å². The lowest BCUT2D eigenvalue weighted by Gasteiger charge is -2.18. The molecule has 3 rings (SSSR count). The van der Waals surface area contributed by atoms with E-state index in [-0.39, 0.29) is 30.6 Å². The standard InChI is InChI=1S/C19H16ClNO2S2/c20-14-7-5-13(6-8-14)19(17-4-2-12-25-17)21-18(23)10-9-15(22)16-3-1-11-24-16/h1-8,11-12,19H,9-10H2,(H,21,23)/t19-/m0/s1. The van der Waals surface area contributed by atoms with Crippen molar-refractivity contribution in [2.75, 3.05) is 0 Å². The molecular weight excluding hydrogens is 374 g/mol. The molecule has 1 aromatic carbocycles. The van der Waals surface area contributed by atoms with E-state index in [1.807, 2.05) is 53.2 Å². The number of nitrogens with one attached hydrogen (secondary N) is 1. The van der Waals surface area contributed by atoms with E-state index in [0.29, 0.717) is 9.90 Å². The first-order valence-electron chi connectivity index (χ1n) is 7.78. The second-order valence-electron chi connectivity index (χ2n) is 5.47. The molecule has 0 fully saturated rings. The minimum Gasteiger partial charge on any atom is -0.344 e. The predicted octanol–water partition coefficient (Wildman–Crippen LogP) is 5.33. The van der Waals surface area contributed by atoms with Crippen molar-refractivity contribution in [2.24, 2.45) is 0 Å². The number of amides is 1. The van der Waals surface area contributed by atoms with Crippen LogP contribution >= 0.6 is 34.3 Å². The Morgan fingerprint density at radius 3 is 2.32 bits per heavy atom. The van der Waals surface area contributed by atoms with Crippen LogP contribution in [0.3, 0.4) is 0 Å². The van der Waals surface area contributed by atoms with E-state index in [4.69, 9.17) is 11.6 Å². The molecule has 1 atom stereocenters. The number of carbonyl (C=O) groups excluding carboxylic acids is 2. The van der Waals surface area contributed by atoms with E-state index in [2.05, 4.69) is 5.32 Å². The van der Waals surface area contributed by atoms with Gasteiger partial charge in [-0.2, -0.15) is 0 Å². The highest BCUT2D eigenvalue weighted by Gasteiger charge is 2.19. The van der Waals surface area contributed by atoms with Gasteiger partial charge in [-0.25, -0.2) is 0 Å². The number of hydrogen-bond donors (Lipinski definition) is 1. The Balaban J connectivity index is 1.67. The van der Waals surface area contributed by atoms with Gasteiger partial charge in [0.15, 0.2) is 5.78 Å². The fourth-order valence-electron chi connectivity index (χ4n) is 2.45. The highest BCUT2D eigenvalue weighted by molar-refractivity contribution is 7.12. The molecule has 0 aliphatic carbocycles.